The van der Waals surface area contributed by atoms with Crippen molar-refractivity contribution in [3.05, 3.63) is 76.8 Å². The number of Topliss-reactive ketones (excluding diaryl/α,β-unsaturated/α-hetero) is 1. The number of carbonyl (C=O) groups is 2. The van der Waals surface area contributed by atoms with E-state index in [4.69, 9.17) is 23.7 Å². The van der Waals surface area contributed by atoms with E-state index in [1.165, 1.54) is 33.5 Å². The van der Waals surface area contributed by atoms with Gasteiger partial charge in [-0.3, -0.25) is 9.78 Å². The summed E-state index contributed by atoms with van der Waals surface area (Å²) >= 11 is 0. The first-order chi connectivity index (χ1) is 16.0. The molecule has 4 rings (SSSR count). The van der Waals surface area contributed by atoms with Gasteiger partial charge in [0.05, 0.1) is 32.5 Å². The van der Waals surface area contributed by atoms with Crippen LogP contribution in [0.4, 0.5) is 0 Å². The van der Waals surface area contributed by atoms with E-state index in [2.05, 4.69) is 4.98 Å². The number of rotatable bonds is 6. The van der Waals surface area contributed by atoms with Crippen molar-refractivity contribution < 1.29 is 33.3 Å². The third kappa shape index (κ3) is 4.10. The number of nitrogens with zero attached hydrogens (tertiary/aromatic N) is 1. The van der Waals surface area contributed by atoms with Crippen LogP contribution in [0.15, 0.2) is 54.6 Å². The van der Waals surface area contributed by atoms with E-state index in [1.54, 1.807) is 49.7 Å². The van der Waals surface area contributed by atoms with Gasteiger partial charge in [0.15, 0.2) is 17.3 Å². The fourth-order valence-corrected chi connectivity index (χ4v) is 3.45. The molecule has 0 N–H and O–H groups in total. The fraction of sp³-hybridized carbons (Fsp3) is 0.160. The highest BCUT2D eigenvalue weighted by Gasteiger charge is 2.31. The molecule has 0 saturated heterocycles. The summed E-state index contributed by atoms with van der Waals surface area (Å²) in [7, 11) is 4.40. The number of esters is 1. The van der Waals surface area contributed by atoms with E-state index in [0.29, 0.717) is 34.1 Å². The lowest BCUT2D eigenvalue weighted by atomic mass is 10.1. The fourth-order valence-electron chi connectivity index (χ4n) is 3.45. The number of allylic oxidation sites excluding steroid dienone is 1. The maximum absolute atomic E-state index is 12.9. The predicted molar refractivity (Wildman–Crippen MR) is 119 cm³/mol. The summed E-state index contributed by atoms with van der Waals surface area (Å²) in [5, 5.41) is 0. The van der Waals surface area contributed by atoms with Crippen molar-refractivity contribution in [3.63, 3.8) is 0 Å². The van der Waals surface area contributed by atoms with Crippen LogP contribution in [0.3, 0.4) is 0 Å². The standard InChI is InChI=1S/C25H21NO7/c1-14-18(33-25(28)16-12-20(29-2)24(31-4)21(13-16)30-3)6-5-17-22(27)19(32-23(14)17)11-15-7-9-26-10-8-15/h5-13H,1-4H3/b19-11-. The summed E-state index contributed by atoms with van der Waals surface area (Å²) in [5.74, 6) is 0.962. The zero-order valence-electron chi connectivity index (χ0n) is 18.5. The molecular weight excluding hydrogens is 426 g/mol. The summed E-state index contributed by atoms with van der Waals surface area (Å²) in [5.41, 5.74) is 1.92. The van der Waals surface area contributed by atoms with Gasteiger partial charge in [-0.05, 0) is 55.0 Å². The molecule has 8 nitrogen and oxygen atoms in total. The van der Waals surface area contributed by atoms with Crippen LogP contribution < -0.4 is 23.7 Å². The maximum atomic E-state index is 12.9. The van der Waals surface area contributed by atoms with Crippen molar-refractivity contribution >= 4 is 17.8 Å². The summed E-state index contributed by atoms with van der Waals surface area (Å²) in [6.07, 6.45) is 4.90. The van der Waals surface area contributed by atoms with Gasteiger partial charge in [0, 0.05) is 18.0 Å². The van der Waals surface area contributed by atoms with Gasteiger partial charge >= 0.3 is 5.97 Å². The molecule has 8 heteroatoms. The van der Waals surface area contributed by atoms with E-state index in [0.717, 1.165) is 5.56 Å². The molecule has 0 fully saturated rings. The minimum absolute atomic E-state index is 0.187. The first-order valence-corrected chi connectivity index (χ1v) is 9.97. The number of benzene rings is 2. The Morgan fingerprint density at radius 2 is 1.61 bits per heavy atom. The third-order valence-corrected chi connectivity index (χ3v) is 5.14. The van der Waals surface area contributed by atoms with E-state index < -0.39 is 5.97 Å². The van der Waals surface area contributed by atoms with E-state index in [9.17, 15) is 9.59 Å². The molecule has 3 aromatic rings. The van der Waals surface area contributed by atoms with E-state index in [1.807, 2.05) is 0 Å². The van der Waals surface area contributed by atoms with Gasteiger partial charge in [-0.25, -0.2) is 4.79 Å². The Kier molecular flexibility index (Phi) is 5.99. The molecule has 0 unspecified atom stereocenters. The lowest BCUT2D eigenvalue weighted by molar-refractivity contribution is 0.0732. The zero-order chi connectivity index (χ0) is 23.5. The van der Waals surface area contributed by atoms with Crippen LogP contribution in [0.25, 0.3) is 6.08 Å². The molecule has 168 valence electrons. The Labute approximate surface area is 190 Å². The van der Waals surface area contributed by atoms with Crippen LogP contribution in [-0.4, -0.2) is 38.1 Å². The number of pyridine rings is 1. The SMILES string of the molecule is COc1cc(C(=O)Oc2ccc3c(c2C)O/C(=C\c2ccncc2)C3=O)cc(OC)c1OC. The third-order valence-electron chi connectivity index (χ3n) is 5.14. The first kappa shape index (κ1) is 21.9. The normalized spacial score (nSPS) is 13.3. The van der Waals surface area contributed by atoms with Crippen molar-refractivity contribution in [1.29, 1.82) is 0 Å². The van der Waals surface area contributed by atoms with Crippen LogP contribution in [0.2, 0.25) is 0 Å². The van der Waals surface area contributed by atoms with Crippen LogP contribution in [-0.2, 0) is 0 Å². The highest BCUT2D eigenvalue weighted by molar-refractivity contribution is 6.15. The number of aromatic nitrogens is 1. The number of ketones is 1. The Hall–Kier alpha value is -4.33. The average molecular weight is 447 g/mol. The van der Waals surface area contributed by atoms with Crippen LogP contribution in [0.5, 0.6) is 28.7 Å². The molecule has 0 bridgehead atoms. The van der Waals surface area contributed by atoms with Crippen molar-refractivity contribution in [2.75, 3.05) is 21.3 Å². The van der Waals surface area contributed by atoms with E-state index in [-0.39, 0.29) is 22.9 Å². The summed E-state index contributed by atoms with van der Waals surface area (Å²) in [4.78, 5) is 29.6. The molecule has 0 aliphatic carbocycles. The summed E-state index contributed by atoms with van der Waals surface area (Å²) in [6, 6.07) is 9.69. The van der Waals surface area contributed by atoms with Gasteiger partial charge in [-0.15, -0.1) is 0 Å². The molecule has 2 heterocycles. The Bertz CT molecular complexity index is 1240. The van der Waals surface area contributed by atoms with Crippen molar-refractivity contribution in [2.24, 2.45) is 0 Å². The maximum Gasteiger partial charge on any atom is 0.343 e. The summed E-state index contributed by atoms with van der Waals surface area (Å²) in [6.45, 7) is 1.72. The Balaban J connectivity index is 1.62. The van der Waals surface area contributed by atoms with Crippen LogP contribution >= 0.6 is 0 Å². The molecule has 0 spiro atoms. The number of ether oxygens (including phenoxy) is 5. The highest BCUT2D eigenvalue weighted by Crippen LogP contribution is 2.41. The molecule has 1 aromatic heterocycles. The number of fused-ring (bicyclic) bond motifs is 1. The minimum atomic E-state index is -0.630. The second-order valence-electron chi connectivity index (χ2n) is 7.09. The van der Waals surface area contributed by atoms with Crippen molar-refractivity contribution in [3.8, 4) is 28.7 Å². The number of hydrogen-bond donors (Lipinski definition) is 0. The molecule has 0 atom stereocenters. The van der Waals surface area contributed by atoms with Crippen LogP contribution in [0, 0.1) is 6.92 Å². The van der Waals surface area contributed by atoms with E-state index >= 15 is 0 Å². The predicted octanol–water partition coefficient (Wildman–Crippen LogP) is 4.25. The molecule has 0 amide bonds. The smallest absolute Gasteiger partial charge is 0.343 e. The second kappa shape index (κ2) is 9.04. The van der Waals surface area contributed by atoms with Gasteiger partial charge < -0.3 is 23.7 Å². The van der Waals surface area contributed by atoms with Gasteiger partial charge in [-0.1, -0.05) is 0 Å². The Morgan fingerprint density at radius 1 is 0.939 bits per heavy atom. The van der Waals surface area contributed by atoms with Crippen molar-refractivity contribution in [2.45, 2.75) is 6.92 Å². The topological polar surface area (TPSA) is 93.2 Å². The van der Waals surface area contributed by atoms with Gasteiger partial charge in [0.25, 0.3) is 0 Å². The number of methoxy groups -OCH3 is 3. The van der Waals surface area contributed by atoms with Gasteiger partial charge in [0.1, 0.15) is 11.5 Å². The number of carbonyl (C=O) groups excluding carboxylic acids is 2. The number of hydrogen-bond acceptors (Lipinski definition) is 8. The summed E-state index contributed by atoms with van der Waals surface area (Å²) < 4.78 is 27.3. The average Bonchev–Trinajstić information content (AvgIpc) is 3.16. The lowest BCUT2D eigenvalue weighted by Gasteiger charge is -2.14. The largest absolute Gasteiger partial charge is 0.493 e. The molecule has 2 aromatic carbocycles. The van der Waals surface area contributed by atoms with Crippen LogP contribution in [0.1, 0.15) is 31.8 Å². The zero-order valence-corrected chi connectivity index (χ0v) is 18.5. The lowest BCUT2D eigenvalue weighted by Crippen LogP contribution is -2.10. The van der Waals surface area contributed by atoms with Crippen molar-refractivity contribution in [1.82, 2.24) is 4.98 Å². The van der Waals surface area contributed by atoms with Gasteiger partial charge in [-0.2, -0.15) is 0 Å². The first-order valence-electron chi connectivity index (χ1n) is 9.97. The molecule has 0 radical (unpaired) electrons. The minimum Gasteiger partial charge on any atom is -0.493 e. The molecule has 0 saturated carbocycles. The Morgan fingerprint density at radius 3 is 2.21 bits per heavy atom. The molecular formula is C25H21NO7. The second-order valence-corrected chi connectivity index (χ2v) is 7.09. The molecule has 1 aliphatic heterocycles. The van der Waals surface area contributed by atoms with Gasteiger partial charge in [0.2, 0.25) is 11.5 Å². The molecule has 1 aliphatic rings. The quantitative estimate of drug-likeness (QED) is 0.315. The highest BCUT2D eigenvalue weighted by atomic mass is 16.5. The molecule has 33 heavy (non-hydrogen) atoms. The monoisotopic (exact) mass is 447 g/mol.